The number of amides is 2. The highest BCUT2D eigenvalue weighted by Gasteiger charge is 2.25. The van der Waals surface area contributed by atoms with E-state index in [1.807, 2.05) is 48.4 Å². The monoisotopic (exact) mass is 383 g/mol. The minimum absolute atomic E-state index is 0.0217. The summed E-state index contributed by atoms with van der Waals surface area (Å²) in [4.78, 5) is 31.3. The van der Waals surface area contributed by atoms with Crippen LogP contribution < -0.4 is 5.32 Å². The lowest BCUT2D eigenvalue weighted by Gasteiger charge is -2.32. The largest absolute Gasteiger partial charge is 0.352 e. The van der Waals surface area contributed by atoms with E-state index < -0.39 is 0 Å². The molecule has 1 aliphatic heterocycles. The molecule has 1 aromatic heterocycles. The Labute approximate surface area is 164 Å². The average Bonchev–Trinajstić information content (AvgIpc) is 2.72. The van der Waals surface area contributed by atoms with Gasteiger partial charge in [0.25, 0.3) is 11.8 Å². The van der Waals surface area contributed by atoms with E-state index in [4.69, 9.17) is 0 Å². The van der Waals surface area contributed by atoms with Crippen LogP contribution in [0, 0.1) is 12.8 Å². The molecule has 2 heterocycles. The minimum atomic E-state index is -0.0217. The number of thioether (sulfide) groups is 1. The van der Waals surface area contributed by atoms with Gasteiger partial charge in [0, 0.05) is 31.4 Å². The van der Waals surface area contributed by atoms with Crippen molar-refractivity contribution < 1.29 is 9.59 Å². The summed E-state index contributed by atoms with van der Waals surface area (Å²) in [7, 11) is 0. The van der Waals surface area contributed by atoms with Gasteiger partial charge in [-0.3, -0.25) is 9.59 Å². The molecule has 0 bridgehead atoms. The number of nitrogens with one attached hydrogen (secondary N) is 1. The molecule has 1 saturated heterocycles. The van der Waals surface area contributed by atoms with Crippen LogP contribution in [-0.4, -0.2) is 47.6 Å². The van der Waals surface area contributed by atoms with Gasteiger partial charge in [-0.2, -0.15) is 0 Å². The molecule has 27 heavy (non-hydrogen) atoms. The summed E-state index contributed by atoms with van der Waals surface area (Å²) in [5.41, 5.74) is 2.39. The molecular formula is C21H25N3O2S. The van der Waals surface area contributed by atoms with Gasteiger partial charge in [0.15, 0.2) is 0 Å². The van der Waals surface area contributed by atoms with Crippen molar-refractivity contribution in [3.63, 3.8) is 0 Å². The Bertz CT molecular complexity index is 817. The van der Waals surface area contributed by atoms with Crippen LogP contribution in [0.2, 0.25) is 0 Å². The van der Waals surface area contributed by atoms with Crippen molar-refractivity contribution in [2.24, 2.45) is 5.92 Å². The molecule has 1 aromatic carbocycles. The Morgan fingerprint density at radius 1 is 1.15 bits per heavy atom. The third-order valence-corrected chi connectivity index (χ3v) is 5.75. The highest BCUT2D eigenvalue weighted by Crippen LogP contribution is 2.22. The molecular weight excluding hydrogens is 358 g/mol. The van der Waals surface area contributed by atoms with E-state index >= 15 is 0 Å². The third-order valence-electron chi connectivity index (χ3n) is 5.04. The molecule has 2 amide bonds. The van der Waals surface area contributed by atoms with Crippen molar-refractivity contribution in [3.8, 4) is 0 Å². The molecule has 3 rings (SSSR count). The number of hydrogen-bond donors (Lipinski definition) is 1. The van der Waals surface area contributed by atoms with Gasteiger partial charge in [-0.25, -0.2) is 4.98 Å². The normalized spacial score (nSPS) is 14.8. The first kappa shape index (κ1) is 19.4. The highest BCUT2D eigenvalue weighted by atomic mass is 32.2. The van der Waals surface area contributed by atoms with Crippen LogP contribution in [0.4, 0.5) is 0 Å². The quantitative estimate of drug-likeness (QED) is 0.804. The zero-order valence-electron chi connectivity index (χ0n) is 15.8. The fourth-order valence-corrected chi connectivity index (χ4v) is 3.93. The van der Waals surface area contributed by atoms with Gasteiger partial charge >= 0.3 is 0 Å². The lowest BCUT2D eigenvalue weighted by Crippen LogP contribution is -2.41. The number of piperidine rings is 1. The molecule has 0 atom stereocenters. The summed E-state index contributed by atoms with van der Waals surface area (Å²) in [5.74, 6) is 0.428. The van der Waals surface area contributed by atoms with Gasteiger partial charge in [0.1, 0.15) is 5.03 Å². The molecule has 0 saturated carbocycles. The average molecular weight is 384 g/mol. The topological polar surface area (TPSA) is 62.3 Å². The van der Waals surface area contributed by atoms with Crippen LogP contribution in [0.15, 0.2) is 47.6 Å². The number of aryl methyl sites for hydroxylation is 1. The van der Waals surface area contributed by atoms with Gasteiger partial charge < -0.3 is 10.2 Å². The first-order valence-corrected chi connectivity index (χ1v) is 10.4. The SMILES string of the molecule is CSc1ncccc1C(=O)N1CCC(CNC(=O)c2ccccc2C)CC1. The summed E-state index contributed by atoms with van der Waals surface area (Å²) in [6.45, 7) is 4.03. The molecule has 142 valence electrons. The zero-order valence-corrected chi connectivity index (χ0v) is 16.6. The molecule has 1 aliphatic rings. The van der Waals surface area contributed by atoms with Crippen LogP contribution >= 0.6 is 11.8 Å². The van der Waals surface area contributed by atoms with E-state index in [2.05, 4.69) is 10.3 Å². The number of nitrogens with zero attached hydrogens (tertiary/aromatic N) is 2. The molecule has 0 aliphatic carbocycles. The Hall–Kier alpha value is -2.34. The molecule has 5 nitrogen and oxygen atoms in total. The fraction of sp³-hybridized carbons (Fsp3) is 0.381. The van der Waals surface area contributed by atoms with Gasteiger partial charge in [-0.1, -0.05) is 18.2 Å². The number of hydrogen-bond acceptors (Lipinski definition) is 4. The predicted octanol–water partition coefficient (Wildman–Crippen LogP) is 3.39. The first-order chi connectivity index (χ1) is 13.1. The van der Waals surface area contributed by atoms with E-state index in [1.54, 1.807) is 12.3 Å². The molecule has 1 N–H and O–H groups in total. The van der Waals surface area contributed by atoms with Gasteiger partial charge in [-0.15, -0.1) is 11.8 Å². The molecule has 0 spiro atoms. The lowest BCUT2D eigenvalue weighted by atomic mass is 9.96. The van der Waals surface area contributed by atoms with Crippen molar-refractivity contribution in [3.05, 3.63) is 59.3 Å². The van der Waals surface area contributed by atoms with Gasteiger partial charge in [0.05, 0.1) is 5.56 Å². The van der Waals surface area contributed by atoms with Crippen molar-refractivity contribution in [1.82, 2.24) is 15.2 Å². The van der Waals surface area contributed by atoms with Crippen LogP contribution in [0.5, 0.6) is 0 Å². The standard InChI is InChI=1S/C21H25N3O2S/c1-15-6-3-4-7-17(15)19(25)23-14-16-9-12-24(13-10-16)21(26)18-8-5-11-22-20(18)27-2/h3-8,11,16H,9-10,12-14H2,1-2H3,(H,23,25). The summed E-state index contributed by atoms with van der Waals surface area (Å²) in [6, 6.07) is 11.3. The van der Waals surface area contributed by atoms with E-state index in [-0.39, 0.29) is 11.8 Å². The number of likely N-dealkylation sites (tertiary alicyclic amines) is 1. The van der Waals surface area contributed by atoms with Crippen LogP contribution in [0.1, 0.15) is 39.1 Å². The Morgan fingerprint density at radius 2 is 1.85 bits per heavy atom. The Kier molecular flexibility index (Phi) is 6.50. The minimum Gasteiger partial charge on any atom is -0.352 e. The molecule has 1 fully saturated rings. The zero-order chi connectivity index (χ0) is 19.2. The number of carbonyl (C=O) groups is 2. The van der Waals surface area contributed by atoms with Crippen LogP contribution in [-0.2, 0) is 0 Å². The van der Waals surface area contributed by atoms with Gasteiger partial charge in [-0.05, 0) is 55.7 Å². The maximum absolute atomic E-state index is 12.8. The van der Waals surface area contributed by atoms with Crippen molar-refractivity contribution in [2.75, 3.05) is 25.9 Å². The second kappa shape index (κ2) is 9.04. The number of aromatic nitrogens is 1. The summed E-state index contributed by atoms with van der Waals surface area (Å²) < 4.78 is 0. The molecule has 0 radical (unpaired) electrons. The smallest absolute Gasteiger partial charge is 0.256 e. The summed E-state index contributed by atoms with van der Waals surface area (Å²) in [6.07, 6.45) is 5.44. The molecule has 0 unspecified atom stereocenters. The number of pyridine rings is 1. The van der Waals surface area contributed by atoms with E-state index in [0.717, 1.165) is 29.0 Å². The highest BCUT2D eigenvalue weighted by molar-refractivity contribution is 7.98. The summed E-state index contributed by atoms with van der Waals surface area (Å²) >= 11 is 1.49. The second-order valence-electron chi connectivity index (χ2n) is 6.82. The molecule has 6 heteroatoms. The van der Waals surface area contributed by atoms with E-state index in [9.17, 15) is 9.59 Å². The number of rotatable bonds is 5. The number of benzene rings is 1. The Morgan fingerprint density at radius 3 is 2.56 bits per heavy atom. The maximum atomic E-state index is 12.8. The Balaban J connectivity index is 1.51. The third kappa shape index (κ3) is 4.69. The second-order valence-corrected chi connectivity index (χ2v) is 7.62. The summed E-state index contributed by atoms with van der Waals surface area (Å²) in [5, 5.41) is 3.82. The van der Waals surface area contributed by atoms with Crippen molar-refractivity contribution >= 4 is 23.6 Å². The van der Waals surface area contributed by atoms with E-state index in [1.165, 1.54) is 11.8 Å². The van der Waals surface area contributed by atoms with Gasteiger partial charge in [0.2, 0.25) is 0 Å². The lowest BCUT2D eigenvalue weighted by molar-refractivity contribution is 0.0680. The first-order valence-electron chi connectivity index (χ1n) is 9.22. The van der Waals surface area contributed by atoms with Crippen LogP contribution in [0.25, 0.3) is 0 Å². The van der Waals surface area contributed by atoms with Crippen LogP contribution in [0.3, 0.4) is 0 Å². The van der Waals surface area contributed by atoms with E-state index in [0.29, 0.717) is 31.1 Å². The fourth-order valence-electron chi connectivity index (χ4n) is 3.39. The van der Waals surface area contributed by atoms with Crippen molar-refractivity contribution in [1.29, 1.82) is 0 Å². The number of carbonyl (C=O) groups excluding carboxylic acids is 2. The van der Waals surface area contributed by atoms with Crippen molar-refractivity contribution in [2.45, 2.75) is 24.8 Å². The maximum Gasteiger partial charge on any atom is 0.256 e. The molecule has 2 aromatic rings. The predicted molar refractivity (Wildman–Crippen MR) is 108 cm³/mol.